The predicted octanol–water partition coefficient (Wildman–Crippen LogP) is 0.831. The van der Waals surface area contributed by atoms with E-state index in [0.29, 0.717) is 81.4 Å². The molecule has 4 heterocycles. The molecule has 3 saturated heterocycles. The van der Waals surface area contributed by atoms with Gasteiger partial charge in [-0.3, -0.25) is 82.4 Å². The number of hydrogen-bond donors (Lipinski definition) is 7. The second-order valence-corrected chi connectivity index (χ2v) is 23.9. The number of fused-ring (bicyclic) bond motifs is 1. The van der Waals surface area contributed by atoms with Gasteiger partial charge in [0.2, 0.25) is 29.5 Å². The van der Waals surface area contributed by atoms with Crippen molar-refractivity contribution >= 4 is 76.4 Å². The highest BCUT2D eigenvalue weighted by Gasteiger charge is 2.46. The number of nitrogens with one attached hydrogen (secondary N) is 4. The van der Waals surface area contributed by atoms with E-state index >= 15 is 0 Å². The molecule has 3 fully saturated rings. The summed E-state index contributed by atoms with van der Waals surface area (Å²) in [6.07, 6.45) is 5.54. The summed E-state index contributed by atoms with van der Waals surface area (Å²) in [5.74, 6) is -9.98. The van der Waals surface area contributed by atoms with Crippen LogP contribution in [0.4, 0.5) is 8.78 Å². The summed E-state index contributed by atoms with van der Waals surface area (Å²) >= 11 is 0. The summed E-state index contributed by atoms with van der Waals surface area (Å²) in [7, 11) is 2.59. The Balaban J connectivity index is 1.04. The lowest BCUT2D eigenvalue weighted by atomic mass is 10.1. The standard InChI is InChI=1S/C64H91F2N13O15/c1-45-12-14-46(15-13-45)9-8-11-54(80)69-19-5-4-10-52(71-55(81)40-74-22-24-75(41-57(83)84)26-28-77(43-59(87)88)29-27-76(25-23-74)42-58(85)86)62(91)72-53(36-60(89)93-3)63(92)78-32-30-73(31-33-78)21-6-7-34-94-48-16-17-51-50(35-48)49(18-20-68-51)61(90)70-39-56(82)79-44-64(65,66)37-47(79)38-67-2/h12-18,20,35,38,47,52-53H,4-11,19,21-34,36-37,39-44H2,1-3H3,(H,69,80)(H,70,90)(H,71,81)(H,72,91)(H,83,84)(H,85,86)(H,87,88)/t47-,52+,53+/m1/s1. The monoisotopic (exact) mass is 1320 g/mol. The normalized spacial score (nSPS) is 17.9. The van der Waals surface area contributed by atoms with Crippen LogP contribution in [0.1, 0.15) is 79.3 Å². The van der Waals surface area contributed by atoms with Crippen molar-refractivity contribution < 1.29 is 81.5 Å². The number of rotatable bonds is 33. The fourth-order valence-corrected chi connectivity index (χ4v) is 11.4. The first-order valence-electron chi connectivity index (χ1n) is 31.9. The lowest BCUT2D eigenvalue weighted by Crippen LogP contribution is -2.58. The number of hydrogen-bond acceptors (Lipinski definition) is 19. The predicted molar refractivity (Wildman–Crippen MR) is 341 cm³/mol. The van der Waals surface area contributed by atoms with Crippen molar-refractivity contribution in [1.82, 2.24) is 60.6 Å². The summed E-state index contributed by atoms with van der Waals surface area (Å²) in [6.45, 7) is 3.34. The Bertz CT molecular complexity index is 3050. The molecule has 0 bridgehead atoms. The average Bonchev–Trinajstić information content (AvgIpc) is 1.20. The average molecular weight is 1320 g/mol. The van der Waals surface area contributed by atoms with Crippen LogP contribution in [-0.4, -0.2) is 296 Å². The Morgan fingerprint density at radius 3 is 1.90 bits per heavy atom. The van der Waals surface area contributed by atoms with E-state index in [1.54, 1.807) is 42.7 Å². The topological polar surface area (TPSA) is 346 Å². The summed E-state index contributed by atoms with van der Waals surface area (Å²) < 4.78 is 39.4. The number of piperazine rings is 1. The fourth-order valence-electron chi connectivity index (χ4n) is 11.4. The fraction of sp³-hybridized carbons (Fsp3) is 0.594. The van der Waals surface area contributed by atoms with Gasteiger partial charge in [0.1, 0.15) is 17.8 Å². The number of alkyl halides is 2. The van der Waals surface area contributed by atoms with Gasteiger partial charge in [-0.15, -0.1) is 0 Å². The Morgan fingerprint density at radius 1 is 0.702 bits per heavy atom. The zero-order valence-corrected chi connectivity index (χ0v) is 53.9. The van der Waals surface area contributed by atoms with Crippen molar-refractivity contribution in [3.05, 3.63) is 71.4 Å². The highest BCUT2D eigenvalue weighted by Crippen LogP contribution is 2.31. The number of aliphatic carboxylic acids is 3. The van der Waals surface area contributed by atoms with Gasteiger partial charge in [0.05, 0.1) is 76.5 Å². The number of halogens is 2. The van der Waals surface area contributed by atoms with Crippen LogP contribution in [0, 0.1) is 6.92 Å². The number of ether oxygens (including phenoxy) is 2. The van der Waals surface area contributed by atoms with Crippen LogP contribution >= 0.6 is 0 Å². The Hall–Kier alpha value is -8.32. The van der Waals surface area contributed by atoms with E-state index in [-0.39, 0.29) is 116 Å². The number of carboxylic acid groups (broad SMARTS) is 3. The zero-order chi connectivity index (χ0) is 68.2. The molecule has 2 aromatic carbocycles. The molecule has 0 unspecified atom stereocenters. The van der Waals surface area contributed by atoms with E-state index in [0.717, 1.165) is 29.6 Å². The molecule has 516 valence electrons. The Morgan fingerprint density at radius 2 is 1.31 bits per heavy atom. The first-order chi connectivity index (χ1) is 45.0. The van der Waals surface area contributed by atoms with Gasteiger partial charge in [-0.25, -0.2) is 8.78 Å². The highest BCUT2D eigenvalue weighted by molar-refractivity contribution is 6.07. The van der Waals surface area contributed by atoms with E-state index in [2.05, 4.69) is 36.1 Å². The molecule has 0 saturated carbocycles. The number of nitrogens with zero attached hydrogens (tertiary/aromatic N) is 9. The van der Waals surface area contributed by atoms with Crippen LogP contribution in [-0.2, 0) is 54.3 Å². The van der Waals surface area contributed by atoms with Crippen LogP contribution in [0.15, 0.2) is 59.7 Å². The third kappa shape index (κ3) is 25.9. The zero-order valence-electron chi connectivity index (χ0n) is 53.9. The lowest BCUT2D eigenvalue weighted by Gasteiger charge is -2.36. The minimum atomic E-state index is -3.07. The molecular weight excluding hydrogens is 1230 g/mol. The van der Waals surface area contributed by atoms with E-state index < -0.39 is 103 Å². The number of carbonyl (C=O) groups excluding carboxylic acids is 7. The minimum absolute atomic E-state index is 0.0606. The number of carbonyl (C=O) groups is 10. The number of pyridine rings is 1. The van der Waals surface area contributed by atoms with Crippen LogP contribution in [0.5, 0.6) is 5.75 Å². The lowest BCUT2D eigenvalue weighted by molar-refractivity contribution is -0.147. The summed E-state index contributed by atoms with van der Waals surface area (Å²) in [5, 5.41) is 40.5. The molecule has 6 rings (SSSR count). The number of methoxy groups -OCH3 is 1. The van der Waals surface area contributed by atoms with Crippen LogP contribution in [0.25, 0.3) is 10.9 Å². The smallest absolute Gasteiger partial charge is 0.317 e. The Labute approximate surface area is 545 Å². The number of aliphatic imine (C=N–C) groups is 1. The van der Waals surface area contributed by atoms with Crippen molar-refractivity contribution in [2.24, 2.45) is 4.99 Å². The van der Waals surface area contributed by atoms with Crippen LogP contribution in [0.3, 0.4) is 0 Å². The highest BCUT2D eigenvalue weighted by atomic mass is 19.3. The number of carboxylic acids is 3. The van der Waals surface area contributed by atoms with Crippen molar-refractivity contribution in [1.29, 1.82) is 0 Å². The largest absolute Gasteiger partial charge is 0.494 e. The summed E-state index contributed by atoms with van der Waals surface area (Å²) in [5.41, 5.74) is 2.98. The minimum Gasteiger partial charge on any atom is -0.494 e. The maximum absolute atomic E-state index is 14.5. The number of esters is 1. The van der Waals surface area contributed by atoms with E-state index in [9.17, 15) is 72.0 Å². The number of benzene rings is 2. The molecule has 6 amide bonds. The van der Waals surface area contributed by atoms with Gasteiger partial charge in [-0.1, -0.05) is 29.8 Å². The molecule has 3 aliphatic rings. The van der Waals surface area contributed by atoms with E-state index in [1.165, 1.54) is 25.5 Å². The third-order valence-corrected chi connectivity index (χ3v) is 16.6. The molecule has 1 aromatic heterocycles. The van der Waals surface area contributed by atoms with Gasteiger partial charge in [0, 0.05) is 123 Å². The first kappa shape index (κ1) is 74.7. The molecule has 94 heavy (non-hydrogen) atoms. The van der Waals surface area contributed by atoms with Crippen molar-refractivity contribution in [2.75, 3.05) is 152 Å². The van der Waals surface area contributed by atoms with Crippen LogP contribution in [0.2, 0.25) is 0 Å². The van der Waals surface area contributed by atoms with E-state index in [4.69, 9.17) is 9.47 Å². The number of aromatic nitrogens is 1. The van der Waals surface area contributed by atoms with Crippen molar-refractivity contribution in [3.8, 4) is 5.75 Å². The van der Waals surface area contributed by atoms with Crippen molar-refractivity contribution in [2.45, 2.75) is 95.2 Å². The molecule has 0 spiro atoms. The van der Waals surface area contributed by atoms with Gasteiger partial charge < -0.3 is 55.9 Å². The summed E-state index contributed by atoms with van der Waals surface area (Å²) in [4.78, 5) is 150. The SMILES string of the molecule is CN=C[C@H]1CC(F)(F)CN1C(=O)CNC(=O)c1ccnc2ccc(OCCCCN3CCN(C(=O)[C@H](CC(=O)OC)NC(=O)[C@H](CCCCNC(=O)CCCc4ccc(C)cc4)NC(=O)CN4CCN(CC(=O)O)CCN(CC(=O)O)CCN(CC(=O)O)CC4)CC3)cc12. The maximum atomic E-state index is 14.5. The molecule has 30 heteroatoms. The van der Waals surface area contributed by atoms with Gasteiger partial charge >= 0.3 is 23.9 Å². The van der Waals surface area contributed by atoms with Crippen LogP contribution < -0.4 is 26.0 Å². The van der Waals surface area contributed by atoms with Gasteiger partial charge in [0.15, 0.2) is 0 Å². The van der Waals surface area contributed by atoms with Gasteiger partial charge in [0.25, 0.3) is 11.8 Å². The molecule has 0 radical (unpaired) electrons. The summed E-state index contributed by atoms with van der Waals surface area (Å²) in [6, 6.07) is 11.2. The second-order valence-electron chi connectivity index (χ2n) is 23.9. The van der Waals surface area contributed by atoms with Crippen molar-refractivity contribution in [3.63, 3.8) is 0 Å². The first-order valence-corrected chi connectivity index (χ1v) is 31.9. The number of amides is 6. The second kappa shape index (κ2) is 38.1. The molecule has 7 N–H and O–H groups in total. The maximum Gasteiger partial charge on any atom is 0.317 e. The van der Waals surface area contributed by atoms with E-state index in [1.807, 2.05) is 31.2 Å². The quantitative estimate of drug-likeness (QED) is 0.0252. The number of likely N-dealkylation sites (tertiary alicyclic amines) is 1. The molecule has 28 nitrogen and oxygen atoms in total. The molecule has 0 aliphatic carbocycles. The molecular formula is C64H91F2N13O15. The molecule has 3 aliphatic heterocycles. The number of unbranched alkanes of at least 4 members (excludes halogenated alkanes) is 2. The number of aryl methyl sites for hydroxylation is 2. The third-order valence-electron chi connectivity index (χ3n) is 16.6. The van der Waals surface area contributed by atoms with Gasteiger partial charge in [-0.2, -0.15) is 0 Å². The Kier molecular flexibility index (Phi) is 30.3. The molecule has 3 atom stereocenters. The molecule has 3 aromatic rings. The van der Waals surface area contributed by atoms with Gasteiger partial charge in [-0.05, 0) is 88.2 Å².